The summed E-state index contributed by atoms with van der Waals surface area (Å²) in [5.74, 6) is 0.593. The summed E-state index contributed by atoms with van der Waals surface area (Å²) in [5.41, 5.74) is 1.41. The average molecular weight is 197 g/mol. The molecule has 0 aromatic carbocycles. The van der Waals surface area contributed by atoms with E-state index < -0.39 is 0 Å². The van der Waals surface area contributed by atoms with Gasteiger partial charge in [0.25, 0.3) is 0 Å². The lowest BCUT2D eigenvalue weighted by Gasteiger charge is -1.92. The molecule has 0 aliphatic carbocycles. The van der Waals surface area contributed by atoms with Crippen LogP contribution in [0.1, 0.15) is 15.3 Å². The Morgan fingerprint density at radius 1 is 1.27 bits per heavy atom. The third-order valence-corrected chi connectivity index (χ3v) is 1.67. The molecule has 0 saturated carbocycles. The molecule has 0 aliphatic heterocycles. The van der Waals surface area contributed by atoms with E-state index in [1.807, 2.05) is 32.0 Å². The van der Waals surface area contributed by atoms with Crippen molar-refractivity contribution in [2.45, 2.75) is 13.8 Å². The number of nitrogens with zero attached hydrogens (tertiary/aromatic N) is 2. The summed E-state index contributed by atoms with van der Waals surface area (Å²) in [6, 6.07) is 5.54. The van der Waals surface area contributed by atoms with Crippen LogP contribution in [0.15, 0.2) is 24.4 Å². The summed E-state index contributed by atoms with van der Waals surface area (Å²) in [6.07, 6.45) is 1.68. The summed E-state index contributed by atoms with van der Waals surface area (Å²) in [7, 11) is 11.0. The largest absolute Gasteiger partial charge is 0.351 e. The minimum atomic E-state index is 0. The van der Waals surface area contributed by atoms with Crippen LogP contribution in [-0.4, -0.2) is 30.6 Å². The first-order valence-electron chi connectivity index (χ1n) is 4.80. The van der Waals surface area contributed by atoms with Gasteiger partial charge in [-0.3, -0.25) is 4.98 Å². The molecule has 5 heteroatoms. The lowest BCUT2D eigenvalue weighted by molar-refractivity contribution is 1.23. The van der Waals surface area contributed by atoms with Gasteiger partial charge in [-0.2, -0.15) is 0 Å². The van der Waals surface area contributed by atoms with Crippen molar-refractivity contribution in [1.82, 2.24) is 15.0 Å². The minimum Gasteiger partial charge on any atom is -0.351 e. The number of hydrogen-bond donors (Lipinski definition) is 1. The van der Waals surface area contributed by atoms with Crippen LogP contribution in [0.3, 0.4) is 0 Å². The van der Waals surface area contributed by atoms with Crippen molar-refractivity contribution in [3.63, 3.8) is 0 Å². The van der Waals surface area contributed by atoms with Crippen LogP contribution in [0.5, 0.6) is 0 Å². The number of aromatic nitrogens is 3. The van der Waals surface area contributed by atoms with Gasteiger partial charge in [0, 0.05) is 7.62 Å². The fourth-order valence-corrected chi connectivity index (χ4v) is 1.02. The molecule has 0 spiro atoms. The molecule has 1 N–H and O–H groups in total. The Balaban J connectivity index is 0.000000711. The second-order valence-corrected chi connectivity index (χ2v) is 2.60. The second-order valence-electron chi connectivity index (χ2n) is 2.60. The molecular weight excluding hydrogens is 184 g/mol. The van der Waals surface area contributed by atoms with Crippen molar-refractivity contribution < 1.29 is 1.43 Å². The smallest absolute Gasteiger partial charge is 0.154 e. The molecular formula is C10H13B2N3. The number of aromatic amines is 1. The molecule has 0 aliphatic rings. The van der Waals surface area contributed by atoms with Crippen LogP contribution in [-0.2, 0) is 0 Å². The first-order valence-corrected chi connectivity index (χ1v) is 4.80. The zero-order valence-electron chi connectivity index (χ0n) is 8.86. The van der Waals surface area contributed by atoms with Crippen molar-refractivity contribution in [2.24, 2.45) is 0 Å². The molecule has 2 rings (SSSR count). The molecule has 0 fully saturated rings. The van der Waals surface area contributed by atoms with Crippen LogP contribution in [0, 0.1) is 0 Å². The Bertz CT molecular complexity index is 398. The molecule has 4 radical (unpaired) electrons. The van der Waals surface area contributed by atoms with E-state index in [0.29, 0.717) is 17.0 Å². The van der Waals surface area contributed by atoms with Crippen LogP contribution in [0.4, 0.5) is 0 Å². The Morgan fingerprint density at radius 3 is 2.47 bits per heavy atom. The predicted octanol–water partition coefficient (Wildman–Crippen LogP) is 0.331. The first kappa shape index (κ1) is 11.6. The quantitative estimate of drug-likeness (QED) is 0.669. The van der Waals surface area contributed by atoms with Gasteiger partial charge in [0.2, 0.25) is 0 Å². The third-order valence-electron chi connectivity index (χ3n) is 1.67. The lowest BCUT2D eigenvalue weighted by Crippen LogP contribution is -2.24. The molecule has 74 valence electrons. The Kier molecular flexibility index (Phi) is 4.16. The molecule has 0 bridgehead atoms. The Labute approximate surface area is 93.7 Å². The fourth-order valence-electron chi connectivity index (χ4n) is 1.02. The summed E-state index contributed by atoms with van der Waals surface area (Å²) >= 11 is 0. The summed E-state index contributed by atoms with van der Waals surface area (Å²) in [4.78, 5) is 11.0. The second kappa shape index (κ2) is 5.39. The van der Waals surface area contributed by atoms with E-state index in [0.717, 1.165) is 5.69 Å². The van der Waals surface area contributed by atoms with Crippen LogP contribution in [0.2, 0.25) is 0 Å². The highest BCUT2D eigenvalue weighted by molar-refractivity contribution is 6.46. The molecule has 0 amide bonds. The molecule has 15 heavy (non-hydrogen) atoms. The molecule has 2 aromatic rings. The van der Waals surface area contributed by atoms with Crippen LogP contribution >= 0.6 is 0 Å². The van der Waals surface area contributed by atoms with Crippen molar-refractivity contribution in [3.8, 4) is 11.5 Å². The maximum absolute atomic E-state index is 5.51. The normalized spacial score (nSPS) is 9.20. The standard InChI is InChI=1S/C8H5B2N3.C2H6.H2/c9-6-7(10)13-8(12-6)5-3-1-2-4-11-5;1-2;/h1-4H,(H,12,13);1-2H3;1H. The monoisotopic (exact) mass is 197 g/mol. The third kappa shape index (κ3) is 2.72. The number of nitrogens with one attached hydrogen (secondary N) is 1. The Morgan fingerprint density at radius 2 is 2.00 bits per heavy atom. The topological polar surface area (TPSA) is 41.6 Å². The molecule has 0 atom stereocenters. The molecule has 0 saturated heterocycles. The van der Waals surface area contributed by atoms with Gasteiger partial charge >= 0.3 is 0 Å². The number of hydrogen-bond acceptors (Lipinski definition) is 2. The number of imidazole rings is 1. The van der Waals surface area contributed by atoms with E-state index in [1.54, 1.807) is 6.20 Å². The molecule has 0 unspecified atom stereocenters. The number of rotatable bonds is 1. The van der Waals surface area contributed by atoms with E-state index in [2.05, 4.69) is 15.0 Å². The van der Waals surface area contributed by atoms with Crippen LogP contribution in [0.25, 0.3) is 11.5 Å². The molecule has 2 heterocycles. The van der Waals surface area contributed by atoms with Crippen molar-refractivity contribution in [1.29, 1.82) is 0 Å². The summed E-state index contributed by atoms with van der Waals surface area (Å²) < 4.78 is 0. The predicted molar refractivity (Wildman–Crippen MR) is 66.1 cm³/mol. The summed E-state index contributed by atoms with van der Waals surface area (Å²) in [5, 5.41) is 0. The van der Waals surface area contributed by atoms with Crippen molar-refractivity contribution in [2.75, 3.05) is 0 Å². The highest BCUT2D eigenvalue weighted by atomic mass is 14.9. The van der Waals surface area contributed by atoms with E-state index in [4.69, 9.17) is 15.7 Å². The van der Waals surface area contributed by atoms with Gasteiger partial charge in [0.05, 0.1) is 0 Å². The van der Waals surface area contributed by atoms with E-state index >= 15 is 0 Å². The van der Waals surface area contributed by atoms with Gasteiger partial charge in [-0.05, 0) is 23.3 Å². The van der Waals surface area contributed by atoms with E-state index in [9.17, 15) is 0 Å². The minimum absolute atomic E-state index is 0. The maximum Gasteiger partial charge on any atom is 0.154 e. The van der Waals surface area contributed by atoms with Gasteiger partial charge in [-0.15, -0.1) is 0 Å². The number of pyridine rings is 1. The SMILES string of the molecule is CC.[B]c1nc(-c2ccccn2)[nH]c1[B].[HH]. The maximum atomic E-state index is 5.51. The van der Waals surface area contributed by atoms with Crippen molar-refractivity contribution >= 4 is 26.9 Å². The first-order chi connectivity index (χ1) is 7.27. The van der Waals surface area contributed by atoms with E-state index in [1.165, 1.54) is 0 Å². The zero-order valence-corrected chi connectivity index (χ0v) is 8.86. The fraction of sp³-hybridized carbons (Fsp3) is 0.200. The van der Waals surface area contributed by atoms with Gasteiger partial charge in [-0.1, -0.05) is 19.9 Å². The summed E-state index contributed by atoms with van der Waals surface area (Å²) in [6.45, 7) is 4.00. The molecule has 3 nitrogen and oxygen atoms in total. The Hall–Kier alpha value is -1.51. The zero-order chi connectivity index (χ0) is 11.3. The lowest BCUT2D eigenvalue weighted by atomic mass is 9.92. The number of H-pyrrole nitrogens is 1. The van der Waals surface area contributed by atoms with Crippen molar-refractivity contribution in [3.05, 3.63) is 24.4 Å². The van der Waals surface area contributed by atoms with Gasteiger partial charge < -0.3 is 4.98 Å². The average Bonchev–Trinajstić information content (AvgIpc) is 2.63. The van der Waals surface area contributed by atoms with E-state index in [-0.39, 0.29) is 1.43 Å². The molecule has 2 aromatic heterocycles. The van der Waals surface area contributed by atoms with Crippen LogP contribution < -0.4 is 11.2 Å². The highest BCUT2D eigenvalue weighted by Gasteiger charge is 2.03. The van der Waals surface area contributed by atoms with Gasteiger partial charge in [0.1, 0.15) is 21.4 Å². The highest BCUT2D eigenvalue weighted by Crippen LogP contribution is 2.06. The van der Waals surface area contributed by atoms with Gasteiger partial charge in [-0.25, -0.2) is 4.98 Å². The van der Waals surface area contributed by atoms with Gasteiger partial charge in [0.15, 0.2) is 5.82 Å².